The number of carbonyl (C=O) groups is 3. The number of hydrogen-bond donors (Lipinski definition) is 2. The van der Waals surface area contributed by atoms with Crippen molar-refractivity contribution in [2.45, 2.75) is 31.9 Å². The summed E-state index contributed by atoms with van der Waals surface area (Å²) in [5.41, 5.74) is 1.83. The number of aryl methyl sites for hydroxylation is 1. The molecule has 0 aliphatic carbocycles. The number of amides is 1. The second kappa shape index (κ2) is 11.4. The highest BCUT2D eigenvalue weighted by Gasteiger charge is 2.20. The predicted octanol–water partition coefficient (Wildman–Crippen LogP) is 2.97. The van der Waals surface area contributed by atoms with Crippen molar-refractivity contribution in [3.05, 3.63) is 65.7 Å². The SMILES string of the molecule is O=CCCc1ccc(OCC[C@H](NC(=O)OCc2ccccc2)C(=O)O)cc1. The minimum absolute atomic E-state index is 0.0615. The number of carbonyl (C=O) groups excluding carboxylic acids is 2. The zero-order valence-electron chi connectivity index (χ0n) is 15.4. The summed E-state index contributed by atoms with van der Waals surface area (Å²) in [6, 6.07) is 15.2. The van der Waals surface area contributed by atoms with Crippen LogP contribution in [0.15, 0.2) is 54.6 Å². The molecule has 1 atom stereocenters. The molecule has 0 aromatic heterocycles. The number of nitrogens with one attached hydrogen (secondary N) is 1. The van der Waals surface area contributed by atoms with E-state index in [9.17, 15) is 19.5 Å². The molecule has 0 bridgehead atoms. The smallest absolute Gasteiger partial charge is 0.408 e. The Morgan fingerprint density at radius 1 is 1.04 bits per heavy atom. The zero-order valence-corrected chi connectivity index (χ0v) is 15.4. The standard InChI is InChI=1S/C21H23NO6/c23-13-4-7-16-8-10-18(11-9-16)27-14-12-19(20(24)25)22-21(26)28-15-17-5-2-1-3-6-17/h1-3,5-6,8-11,13,19H,4,7,12,14-15H2,(H,22,26)(H,24,25)/t19-/m0/s1. The zero-order chi connectivity index (χ0) is 20.2. The summed E-state index contributed by atoms with van der Waals surface area (Å²) in [5, 5.41) is 11.6. The van der Waals surface area contributed by atoms with E-state index in [4.69, 9.17) is 9.47 Å². The van der Waals surface area contributed by atoms with E-state index < -0.39 is 18.1 Å². The van der Waals surface area contributed by atoms with Gasteiger partial charge in [-0.15, -0.1) is 0 Å². The molecule has 2 aromatic carbocycles. The quantitative estimate of drug-likeness (QED) is 0.577. The van der Waals surface area contributed by atoms with Gasteiger partial charge in [-0.3, -0.25) is 0 Å². The van der Waals surface area contributed by atoms with Crippen LogP contribution in [0.5, 0.6) is 5.75 Å². The number of ether oxygens (including phenoxy) is 2. The summed E-state index contributed by atoms with van der Waals surface area (Å²) in [7, 11) is 0. The first-order valence-corrected chi connectivity index (χ1v) is 8.94. The fourth-order valence-corrected chi connectivity index (χ4v) is 2.44. The average Bonchev–Trinajstić information content (AvgIpc) is 2.71. The van der Waals surface area contributed by atoms with Crippen molar-refractivity contribution >= 4 is 18.3 Å². The first-order valence-electron chi connectivity index (χ1n) is 8.94. The summed E-state index contributed by atoms with van der Waals surface area (Å²) in [6.07, 6.45) is 1.29. The molecule has 0 radical (unpaired) electrons. The van der Waals surface area contributed by atoms with Crippen LogP contribution >= 0.6 is 0 Å². The van der Waals surface area contributed by atoms with Crippen molar-refractivity contribution in [1.82, 2.24) is 5.32 Å². The van der Waals surface area contributed by atoms with Gasteiger partial charge in [-0.1, -0.05) is 42.5 Å². The molecular weight excluding hydrogens is 362 g/mol. The summed E-state index contributed by atoms with van der Waals surface area (Å²) < 4.78 is 10.6. The summed E-state index contributed by atoms with van der Waals surface area (Å²) in [6.45, 7) is 0.176. The van der Waals surface area contributed by atoms with E-state index in [0.29, 0.717) is 18.6 Å². The fraction of sp³-hybridized carbons (Fsp3) is 0.286. The normalized spacial score (nSPS) is 11.3. The fourth-order valence-electron chi connectivity index (χ4n) is 2.44. The Morgan fingerprint density at radius 2 is 1.75 bits per heavy atom. The van der Waals surface area contributed by atoms with Gasteiger partial charge in [-0.05, 0) is 29.7 Å². The number of benzene rings is 2. The Hall–Kier alpha value is -3.35. The molecule has 2 N–H and O–H groups in total. The maximum Gasteiger partial charge on any atom is 0.408 e. The van der Waals surface area contributed by atoms with Gasteiger partial charge in [0.05, 0.1) is 6.61 Å². The highest BCUT2D eigenvalue weighted by atomic mass is 16.5. The number of aliphatic carboxylic acids is 1. The van der Waals surface area contributed by atoms with E-state index in [1.165, 1.54) is 0 Å². The largest absolute Gasteiger partial charge is 0.494 e. The van der Waals surface area contributed by atoms with Gasteiger partial charge in [0, 0.05) is 12.8 Å². The van der Waals surface area contributed by atoms with E-state index >= 15 is 0 Å². The van der Waals surface area contributed by atoms with E-state index in [0.717, 1.165) is 17.4 Å². The molecule has 2 rings (SSSR count). The molecule has 0 spiro atoms. The molecular formula is C21H23NO6. The van der Waals surface area contributed by atoms with Gasteiger partial charge in [0.25, 0.3) is 0 Å². The van der Waals surface area contributed by atoms with Gasteiger partial charge >= 0.3 is 12.1 Å². The van der Waals surface area contributed by atoms with E-state index in [1.807, 2.05) is 30.3 Å². The number of alkyl carbamates (subject to hydrolysis) is 1. The van der Waals surface area contributed by atoms with Crippen molar-refractivity contribution in [2.24, 2.45) is 0 Å². The van der Waals surface area contributed by atoms with Crippen molar-refractivity contribution in [3.8, 4) is 5.75 Å². The van der Waals surface area contributed by atoms with Crippen LogP contribution in [-0.2, 0) is 27.4 Å². The molecule has 0 aliphatic rings. The Kier molecular flexibility index (Phi) is 8.52. The van der Waals surface area contributed by atoms with Crippen LogP contribution in [0.2, 0.25) is 0 Å². The minimum Gasteiger partial charge on any atom is -0.494 e. The van der Waals surface area contributed by atoms with Crippen molar-refractivity contribution in [2.75, 3.05) is 6.61 Å². The van der Waals surface area contributed by atoms with Crippen LogP contribution in [0.1, 0.15) is 24.0 Å². The minimum atomic E-state index is -1.16. The topological polar surface area (TPSA) is 102 Å². The second-order valence-electron chi connectivity index (χ2n) is 6.08. The highest BCUT2D eigenvalue weighted by Crippen LogP contribution is 2.13. The molecule has 0 saturated carbocycles. The third kappa shape index (κ3) is 7.49. The van der Waals surface area contributed by atoms with Crippen LogP contribution in [0.3, 0.4) is 0 Å². The highest BCUT2D eigenvalue weighted by molar-refractivity contribution is 5.79. The molecule has 0 aliphatic heterocycles. The Bertz CT molecular complexity index is 760. The number of carboxylic acids is 1. The first kappa shape index (κ1) is 21.0. The maximum absolute atomic E-state index is 11.8. The Labute approximate surface area is 163 Å². The second-order valence-corrected chi connectivity index (χ2v) is 6.08. The monoisotopic (exact) mass is 385 g/mol. The van der Waals surface area contributed by atoms with Crippen LogP contribution in [0, 0.1) is 0 Å². The van der Waals surface area contributed by atoms with Crippen LogP contribution in [0.25, 0.3) is 0 Å². The molecule has 1 amide bonds. The van der Waals surface area contributed by atoms with Gasteiger partial charge in [0.1, 0.15) is 24.7 Å². The third-order valence-corrected chi connectivity index (χ3v) is 3.95. The molecule has 0 fully saturated rings. The van der Waals surface area contributed by atoms with E-state index in [2.05, 4.69) is 5.32 Å². The first-order chi connectivity index (χ1) is 13.6. The van der Waals surface area contributed by atoms with Crippen molar-refractivity contribution < 1.29 is 29.0 Å². The molecule has 0 unspecified atom stereocenters. The summed E-state index contributed by atoms with van der Waals surface area (Å²) in [4.78, 5) is 33.6. The predicted molar refractivity (Wildman–Crippen MR) is 102 cm³/mol. The summed E-state index contributed by atoms with van der Waals surface area (Å²) in [5.74, 6) is -0.574. The lowest BCUT2D eigenvalue weighted by Crippen LogP contribution is -2.42. The molecule has 148 valence electrons. The lowest BCUT2D eigenvalue weighted by Gasteiger charge is -2.15. The average molecular weight is 385 g/mol. The van der Waals surface area contributed by atoms with Crippen LogP contribution in [0.4, 0.5) is 4.79 Å². The number of hydrogen-bond acceptors (Lipinski definition) is 5. The molecule has 2 aromatic rings. The molecule has 7 nitrogen and oxygen atoms in total. The molecule has 0 heterocycles. The molecule has 0 saturated heterocycles. The molecule has 28 heavy (non-hydrogen) atoms. The Morgan fingerprint density at radius 3 is 2.39 bits per heavy atom. The number of carboxylic acid groups (broad SMARTS) is 1. The van der Waals surface area contributed by atoms with Gasteiger partial charge in [-0.25, -0.2) is 9.59 Å². The van der Waals surface area contributed by atoms with Gasteiger partial charge in [0.15, 0.2) is 0 Å². The van der Waals surface area contributed by atoms with Gasteiger partial charge in [-0.2, -0.15) is 0 Å². The van der Waals surface area contributed by atoms with Gasteiger partial charge in [0.2, 0.25) is 0 Å². The maximum atomic E-state index is 11.8. The lowest BCUT2D eigenvalue weighted by atomic mass is 10.1. The Balaban J connectivity index is 1.75. The van der Waals surface area contributed by atoms with Crippen LogP contribution in [-0.4, -0.2) is 36.1 Å². The number of rotatable bonds is 11. The van der Waals surface area contributed by atoms with Crippen molar-refractivity contribution in [1.29, 1.82) is 0 Å². The van der Waals surface area contributed by atoms with E-state index in [1.54, 1.807) is 24.3 Å². The lowest BCUT2D eigenvalue weighted by molar-refractivity contribution is -0.139. The van der Waals surface area contributed by atoms with Gasteiger partial charge < -0.3 is 24.7 Å². The molecule has 7 heteroatoms. The number of aldehydes is 1. The van der Waals surface area contributed by atoms with E-state index in [-0.39, 0.29) is 19.6 Å². The summed E-state index contributed by atoms with van der Waals surface area (Å²) >= 11 is 0. The van der Waals surface area contributed by atoms with Crippen molar-refractivity contribution in [3.63, 3.8) is 0 Å². The third-order valence-electron chi connectivity index (χ3n) is 3.95. The van der Waals surface area contributed by atoms with Crippen LogP contribution < -0.4 is 10.1 Å².